The van der Waals surface area contributed by atoms with Crippen LogP contribution in [-0.2, 0) is 4.74 Å². The summed E-state index contributed by atoms with van der Waals surface area (Å²) in [6.45, 7) is 1.49. The lowest BCUT2D eigenvalue weighted by atomic mass is 10.2. The number of alkyl halides is 2. The van der Waals surface area contributed by atoms with Gasteiger partial charge >= 0.3 is 5.97 Å². The normalized spacial score (nSPS) is 10.6. The number of aromatic amines is 1. The van der Waals surface area contributed by atoms with Crippen molar-refractivity contribution in [1.29, 1.82) is 0 Å². The number of hydrogen-bond donors (Lipinski definition) is 1. The van der Waals surface area contributed by atoms with Crippen LogP contribution in [0.15, 0.2) is 10.9 Å². The second-order valence-electron chi connectivity index (χ2n) is 2.79. The van der Waals surface area contributed by atoms with Crippen molar-refractivity contribution in [3.05, 3.63) is 32.7 Å². The molecule has 0 spiro atoms. The van der Waals surface area contributed by atoms with E-state index >= 15 is 0 Å². The van der Waals surface area contributed by atoms with Gasteiger partial charge in [-0.05, 0) is 6.92 Å². The van der Waals surface area contributed by atoms with Crippen LogP contribution >= 0.6 is 11.6 Å². The highest BCUT2D eigenvalue weighted by Gasteiger charge is 2.23. The van der Waals surface area contributed by atoms with Crippen LogP contribution in [0.3, 0.4) is 0 Å². The Bertz CT molecular complexity index is 459. The number of carbonyl (C=O) groups is 1. The fraction of sp³-hybridized carbons (Fsp3) is 0.333. The molecule has 0 unspecified atom stereocenters. The van der Waals surface area contributed by atoms with Crippen molar-refractivity contribution < 1.29 is 18.3 Å². The van der Waals surface area contributed by atoms with E-state index < -0.39 is 29.1 Å². The minimum absolute atomic E-state index is 0.0103. The van der Waals surface area contributed by atoms with E-state index in [1.54, 1.807) is 0 Å². The molecule has 4 nitrogen and oxygen atoms in total. The van der Waals surface area contributed by atoms with Gasteiger partial charge in [-0.3, -0.25) is 4.79 Å². The number of H-pyrrole nitrogens is 1. The Morgan fingerprint density at radius 3 is 2.75 bits per heavy atom. The molecule has 0 aliphatic heterocycles. The van der Waals surface area contributed by atoms with Crippen molar-refractivity contribution in [3.63, 3.8) is 0 Å². The van der Waals surface area contributed by atoms with Gasteiger partial charge in [-0.2, -0.15) is 0 Å². The van der Waals surface area contributed by atoms with E-state index in [2.05, 4.69) is 9.72 Å². The highest BCUT2D eigenvalue weighted by Crippen LogP contribution is 2.20. The Balaban J connectivity index is 3.35. The summed E-state index contributed by atoms with van der Waals surface area (Å²) >= 11 is 5.41. The summed E-state index contributed by atoms with van der Waals surface area (Å²) in [6, 6.07) is 0.847. The first-order valence-corrected chi connectivity index (χ1v) is 4.73. The summed E-state index contributed by atoms with van der Waals surface area (Å²) in [7, 11) is 0. The molecule has 1 rings (SSSR count). The zero-order valence-corrected chi connectivity index (χ0v) is 8.98. The van der Waals surface area contributed by atoms with E-state index in [1.807, 2.05) is 0 Å². The van der Waals surface area contributed by atoms with Crippen molar-refractivity contribution in [3.8, 4) is 0 Å². The van der Waals surface area contributed by atoms with Gasteiger partial charge in [-0.15, -0.1) is 0 Å². The van der Waals surface area contributed by atoms with Crippen LogP contribution in [0.5, 0.6) is 0 Å². The van der Waals surface area contributed by atoms with Crippen molar-refractivity contribution in [2.75, 3.05) is 6.61 Å². The molecule has 0 atom stereocenters. The van der Waals surface area contributed by atoms with Crippen molar-refractivity contribution >= 4 is 17.6 Å². The average molecular weight is 252 g/mol. The zero-order valence-electron chi connectivity index (χ0n) is 8.22. The van der Waals surface area contributed by atoms with E-state index in [0.29, 0.717) is 0 Å². The molecule has 0 saturated heterocycles. The maximum atomic E-state index is 12.6. The van der Waals surface area contributed by atoms with Gasteiger partial charge in [0.05, 0.1) is 6.61 Å². The van der Waals surface area contributed by atoms with Crippen LogP contribution in [0.4, 0.5) is 8.78 Å². The minimum atomic E-state index is -3.01. The molecular weight excluding hydrogens is 244 g/mol. The van der Waals surface area contributed by atoms with Crippen LogP contribution in [-0.4, -0.2) is 17.6 Å². The summed E-state index contributed by atoms with van der Waals surface area (Å²) < 4.78 is 29.6. The predicted molar refractivity (Wildman–Crippen MR) is 53.0 cm³/mol. The first-order chi connectivity index (χ1) is 7.47. The average Bonchev–Trinajstić information content (AvgIpc) is 2.16. The molecule has 0 fully saturated rings. The van der Waals surface area contributed by atoms with E-state index in [0.717, 1.165) is 6.07 Å². The summed E-state index contributed by atoms with van der Waals surface area (Å²) in [5.41, 5.74) is -2.42. The molecule has 0 radical (unpaired) electrons. The molecule has 0 aromatic carbocycles. The number of esters is 1. The largest absolute Gasteiger partial charge is 0.462 e. The molecule has 7 heteroatoms. The summed E-state index contributed by atoms with van der Waals surface area (Å²) in [5, 5.41) is -0.256. The number of pyridine rings is 1. The van der Waals surface area contributed by atoms with Gasteiger partial charge in [0.15, 0.2) is 5.43 Å². The van der Waals surface area contributed by atoms with Gasteiger partial charge in [0.25, 0.3) is 6.43 Å². The first-order valence-electron chi connectivity index (χ1n) is 4.35. The Morgan fingerprint density at radius 1 is 1.62 bits per heavy atom. The van der Waals surface area contributed by atoms with Crippen LogP contribution in [0.2, 0.25) is 5.15 Å². The fourth-order valence-corrected chi connectivity index (χ4v) is 1.33. The number of hydrogen-bond acceptors (Lipinski definition) is 3. The summed E-state index contributed by atoms with van der Waals surface area (Å²) in [4.78, 5) is 24.7. The molecule has 16 heavy (non-hydrogen) atoms. The second kappa shape index (κ2) is 5.07. The monoisotopic (exact) mass is 251 g/mol. The third-order valence-electron chi connectivity index (χ3n) is 1.73. The van der Waals surface area contributed by atoms with E-state index in [-0.39, 0.29) is 11.8 Å². The Morgan fingerprint density at radius 2 is 2.25 bits per heavy atom. The topological polar surface area (TPSA) is 59.2 Å². The van der Waals surface area contributed by atoms with Crippen LogP contribution in [0.25, 0.3) is 0 Å². The maximum Gasteiger partial charge on any atom is 0.344 e. The smallest absolute Gasteiger partial charge is 0.344 e. The molecule has 0 saturated carbocycles. The maximum absolute atomic E-state index is 12.6. The van der Waals surface area contributed by atoms with Crippen LogP contribution in [0, 0.1) is 0 Å². The quantitative estimate of drug-likeness (QED) is 0.661. The molecule has 0 aliphatic rings. The highest BCUT2D eigenvalue weighted by molar-refractivity contribution is 6.29. The number of aromatic nitrogens is 1. The molecule has 0 aliphatic carbocycles. The van der Waals surface area contributed by atoms with Crippen LogP contribution in [0.1, 0.15) is 29.4 Å². The van der Waals surface area contributed by atoms with Gasteiger partial charge in [0.1, 0.15) is 16.4 Å². The number of carbonyl (C=O) groups excluding carboxylic acids is 1. The summed E-state index contributed by atoms with van der Waals surface area (Å²) in [6.07, 6.45) is -3.01. The SMILES string of the molecule is CCOC(=O)c1c(C(F)F)[nH]c(Cl)cc1=O. The zero-order chi connectivity index (χ0) is 12.3. The molecule has 1 aromatic rings. The third kappa shape index (κ3) is 2.57. The predicted octanol–water partition coefficient (Wildman–Crippen LogP) is 2.14. The highest BCUT2D eigenvalue weighted by atomic mass is 35.5. The molecule has 88 valence electrons. The van der Waals surface area contributed by atoms with Gasteiger partial charge in [0.2, 0.25) is 0 Å². The molecular formula is C9H8ClF2NO3. The second-order valence-corrected chi connectivity index (χ2v) is 3.20. The molecule has 1 N–H and O–H groups in total. The number of halogens is 3. The lowest BCUT2D eigenvalue weighted by Crippen LogP contribution is -2.21. The van der Waals surface area contributed by atoms with Crippen molar-refractivity contribution in [1.82, 2.24) is 4.98 Å². The fourth-order valence-electron chi connectivity index (χ4n) is 1.12. The van der Waals surface area contributed by atoms with Gasteiger partial charge in [-0.25, -0.2) is 13.6 Å². The lowest BCUT2D eigenvalue weighted by Gasteiger charge is -2.07. The number of nitrogens with one attached hydrogen (secondary N) is 1. The minimum Gasteiger partial charge on any atom is -0.462 e. The van der Waals surface area contributed by atoms with E-state index in [1.165, 1.54) is 6.92 Å². The van der Waals surface area contributed by atoms with Crippen molar-refractivity contribution in [2.24, 2.45) is 0 Å². The standard InChI is InChI=1S/C9H8ClF2NO3/c1-2-16-9(15)6-4(14)3-5(10)13-7(6)8(11)12/h3,8H,2H2,1H3,(H,13,14). The molecule has 1 heterocycles. The molecule has 1 aromatic heterocycles. The van der Waals surface area contributed by atoms with Gasteiger partial charge in [-0.1, -0.05) is 11.6 Å². The summed E-state index contributed by atoms with van der Waals surface area (Å²) in [5.74, 6) is -1.09. The van der Waals surface area contributed by atoms with Crippen molar-refractivity contribution in [2.45, 2.75) is 13.3 Å². The molecule has 0 bridgehead atoms. The van der Waals surface area contributed by atoms with Gasteiger partial charge in [0, 0.05) is 6.07 Å². The van der Waals surface area contributed by atoms with E-state index in [9.17, 15) is 18.4 Å². The number of rotatable bonds is 3. The van der Waals surface area contributed by atoms with E-state index in [4.69, 9.17) is 11.6 Å². The Kier molecular flexibility index (Phi) is 4.00. The first kappa shape index (κ1) is 12.6. The van der Waals surface area contributed by atoms with Gasteiger partial charge < -0.3 is 9.72 Å². The third-order valence-corrected chi connectivity index (χ3v) is 1.93. The molecule has 0 amide bonds. The Hall–Kier alpha value is -1.43. The Labute approximate surface area is 94.2 Å². The van der Waals surface area contributed by atoms with Crippen LogP contribution < -0.4 is 5.43 Å². The number of ether oxygens (including phenoxy) is 1. The lowest BCUT2D eigenvalue weighted by molar-refractivity contribution is 0.0511.